The predicted octanol–water partition coefficient (Wildman–Crippen LogP) is 5.62. The van der Waals surface area contributed by atoms with E-state index in [0.29, 0.717) is 48.5 Å². The lowest BCUT2D eigenvalue weighted by Crippen LogP contribution is -2.46. The van der Waals surface area contributed by atoms with Crippen LogP contribution in [0.5, 0.6) is 5.88 Å². The van der Waals surface area contributed by atoms with E-state index in [4.69, 9.17) is 18.9 Å². The van der Waals surface area contributed by atoms with E-state index in [1.54, 1.807) is 12.4 Å². The van der Waals surface area contributed by atoms with E-state index < -0.39 is 13.7 Å². The van der Waals surface area contributed by atoms with Crippen molar-refractivity contribution < 1.29 is 18.7 Å². The summed E-state index contributed by atoms with van der Waals surface area (Å²) in [5, 5.41) is 13.5. The molecule has 1 saturated heterocycles. The number of ether oxygens (including phenoxy) is 2. The Labute approximate surface area is 261 Å². The molecule has 2 aliphatic rings. The van der Waals surface area contributed by atoms with Crippen LogP contribution >= 0.6 is 0 Å². The van der Waals surface area contributed by atoms with E-state index in [1.165, 1.54) is 7.41 Å². The Bertz CT molecular complexity index is 1550. The molecule has 2 aliphatic heterocycles. The van der Waals surface area contributed by atoms with Crippen molar-refractivity contribution in [2.75, 3.05) is 36.5 Å². The Morgan fingerprint density at radius 3 is 2.80 bits per heavy atom. The van der Waals surface area contributed by atoms with E-state index in [0.717, 1.165) is 42.4 Å². The van der Waals surface area contributed by atoms with Crippen LogP contribution in [-0.4, -0.2) is 69.3 Å². The molecule has 1 aromatic carbocycles. The second-order valence-electron chi connectivity index (χ2n) is 13.3. The lowest BCUT2D eigenvalue weighted by atomic mass is 9.83. The Morgan fingerprint density at radius 1 is 1.27 bits per heavy atom. The zero-order chi connectivity index (χ0) is 31.5. The minimum Gasteiger partial charge on any atom is -0.470 e. The quantitative estimate of drug-likeness (QED) is 0.228. The Morgan fingerprint density at radius 2 is 2.09 bits per heavy atom. The number of fused-ring (bicyclic) bond motifs is 1. The molecule has 12 heteroatoms. The molecule has 10 nitrogen and oxygen atoms in total. The number of carbonyl (C=O) groups excluding carboxylic acids is 1. The molecule has 5 rings (SSSR count). The number of nitriles is 1. The van der Waals surface area contributed by atoms with Gasteiger partial charge in [-0.15, -0.1) is 0 Å². The maximum absolute atomic E-state index is 11.6. The topological polar surface area (TPSA) is 122 Å². The Hall–Kier alpha value is -3.79. The standard InChI is InChI=1S/C32H40BN6O4Si/c1-31(2,3)44(5,6)42-20-32(4)19-39(33-21-40)28-23(17-34)15-22(16-25(28)32)26-11-13-36-30(37-26)38-27-10-7-12-35-29(27)43-24-9-8-14-41-18-24/h7,10-13,15-16,21,24H,8-9,14,18-20H2,1-6H3,(H,36,37,38)/t24-,32-/m1/s1. The number of nitrogens with one attached hydrogen (secondary N) is 1. The van der Waals surface area contributed by atoms with Crippen LogP contribution in [0, 0.1) is 11.3 Å². The summed E-state index contributed by atoms with van der Waals surface area (Å²) in [5.74, 6) is 0.838. The summed E-state index contributed by atoms with van der Waals surface area (Å²) in [6, 6.07) is 11.8. The minimum atomic E-state index is -2.06. The summed E-state index contributed by atoms with van der Waals surface area (Å²) < 4.78 is 18.4. The molecular formula is C32H40BN6O4Si. The highest BCUT2D eigenvalue weighted by molar-refractivity contribution is 6.74. The maximum Gasteiger partial charge on any atom is 0.329 e. The van der Waals surface area contributed by atoms with Gasteiger partial charge in [-0.05, 0) is 66.9 Å². The van der Waals surface area contributed by atoms with Crippen LogP contribution in [0.1, 0.15) is 51.7 Å². The van der Waals surface area contributed by atoms with Gasteiger partial charge in [-0.1, -0.05) is 27.7 Å². The second-order valence-corrected chi connectivity index (χ2v) is 18.1. The number of pyridine rings is 1. The summed E-state index contributed by atoms with van der Waals surface area (Å²) in [4.78, 5) is 27.1. The van der Waals surface area contributed by atoms with Crippen LogP contribution < -0.4 is 14.9 Å². The van der Waals surface area contributed by atoms with Crippen LogP contribution in [0.15, 0.2) is 42.7 Å². The van der Waals surface area contributed by atoms with E-state index in [-0.39, 0.29) is 11.1 Å². The summed E-state index contributed by atoms with van der Waals surface area (Å²) in [5.41, 5.74) is 3.79. The van der Waals surface area contributed by atoms with E-state index >= 15 is 0 Å². The van der Waals surface area contributed by atoms with Crippen molar-refractivity contribution in [3.05, 3.63) is 53.9 Å². The molecule has 0 aliphatic carbocycles. The first-order chi connectivity index (χ1) is 20.9. The molecular weight excluding hydrogens is 571 g/mol. The lowest BCUT2D eigenvalue weighted by Gasteiger charge is -2.39. The number of benzene rings is 1. The van der Waals surface area contributed by atoms with Crippen molar-refractivity contribution in [2.45, 2.75) is 70.2 Å². The predicted molar refractivity (Wildman–Crippen MR) is 175 cm³/mol. The third kappa shape index (κ3) is 6.65. The number of hydrogen-bond acceptors (Lipinski definition) is 10. The second kappa shape index (κ2) is 12.7. The largest absolute Gasteiger partial charge is 0.470 e. The number of carbonyl (C=O) groups is 1. The summed E-state index contributed by atoms with van der Waals surface area (Å²) >= 11 is 0. The van der Waals surface area contributed by atoms with Gasteiger partial charge in [0.15, 0.2) is 8.32 Å². The van der Waals surface area contributed by atoms with Gasteiger partial charge in [0.05, 0.1) is 17.9 Å². The molecule has 44 heavy (non-hydrogen) atoms. The highest BCUT2D eigenvalue weighted by atomic mass is 28.4. The van der Waals surface area contributed by atoms with Crippen molar-refractivity contribution in [3.63, 3.8) is 0 Å². The Kier molecular flexibility index (Phi) is 9.11. The van der Waals surface area contributed by atoms with Crippen molar-refractivity contribution in [1.82, 2.24) is 15.0 Å². The molecule has 1 fully saturated rings. The molecule has 1 radical (unpaired) electrons. The van der Waals surface area contributed by atoms with Gasteiger partial charge in [-0.2, -0.15) is 5.26 Å². The number of hydrogen-bond donors (Lipinski definition) is 1. The molecule has 0 saturated carbocycles. The molecule has 0 bridgehead atoms. The summed E-state index contributed by atoms with van der Waals surface area (Å²) in [7, 11) is -0.562. The highest BCUT2D eigenvalue weighted by Gasteiger charge is 2.44. The maximum atomic E-state index is 11.6. The summed E-state index contributed by atoms with van der Waals surface area (Å²) in [6.45, 7) is 15.5. The third-order valence-electron chi connectivity index (χ3n) is 8.85. The van der Waals surface area contributed by atoms with Crippen molar-refractivity contribution in [1.29, 1.82) is 5.26 Å². The van der Waals surface area contributed by atoms with Gasteiger partial charge in [-0.3, -0.25) is 0 Å². The van der Waals surface area contributed by atoms with Crippen LogP contribution in [0.4, 0.5) is 17.3 Å². The van der Waals surface area contributed by atoms with Crippen LogP contribution in [0.25, 0.3) is 11.3 Å². The van der Waals surface area contributed by atoms with Gasteiger partial charge >= 0.3 is 7.41 Å². The molecule has 2 atom stereocenters. The average molecular weight is 612 g/mol. The van der Waals surface area contributed by atoms with Crippen LogP contribution in [0.3, 0.4) is 0 Å². The fourth-order valence-electron chi connectivity index (χ4n) is 5.30. The van der Waals surface area contributed by atoms with Crippen molar-refractivity contribution in [3.8, 4) is 23.2 Å². The zero-order valence-electron chi connectivity index (χ0n) is 26.4. The molecule has 0 unspecified atom stereocenters. The first kappa shape index (κ1) is 31.6. The summed E-state index contributed by atoms with van der Waals surface area (Å²) in [6.07, 6.45) is 5.92. The third-order valence-corrected chi connectivity index (χ3v) is 13.3. The van der Waals surface area contributed by atoms with Crippen LogP contribution in [0.2, 0.25) is 18.1 Å². The first-order valence-electron chi connectivity index (χ1n) is 15.0. The molecule has 0 amide bonds. The molecule has 3 aromatic rings. The average Bonchev–Trinajstić information content (AvgIpc) is 3.28. The molecule has 229 valence electrons. The minimum absolute atomic E-state index is 0.0484. The Balaban J connectivity index is 1.47. The van der Waals surface area contributed by atoms with Gasteiger partial charge in [0.25, 0.3) is 0 Å². The molecule has 4 heterocycles. The lowest BCUT2D eigenvalue weighted by molar-refractivity contribution is 0.00585. The van der Waals surface area contributed by atoms with Gasteiger partial charge < -0.3 is 28.8 Å². The number of nitrogens with zero attached hydrogens (tertiary/aromatic N) is 5. The monoisotopic (exact) mass is 611 g/mol. The van der Waals surface area contributed by atoms with Crippen molar-refractivity contribution in [2.24, 2.45) is 0 Å². The van der Waals surface area contributed by atoms with Gasteiger partial charge in [0.1, 0.15) is 24.0 Å². The zero-order valence-corrected chi connectivity index (χ0v) is 27.4. The van der Waals surface area contributed by atoms with E-state index in [2.05, 4.69) is 68.2 Å². The van der Waals surface area contributed by atoms with E-state index in [9.17, 15) is 10.1 Å². The van der Waals surface area contributed by atoms with Gasteiger partial charge in [0.2, 0.25) is 11.8 Å². The van der Waals surface area contributed by atoms with E-state index in [1.807, 2.05) is 29.1 Å². The fraction of sp³-hybridized carbons (Fsp3) is 0.469. The molecule has 0 spiro atoms. The number of aromatic nitrogens is 3. The highest BCUT2D eigenvalue weighted by Crippen LogP contribution is 2.46. The SMILES string of the molecule is CC(C)(C)[Si](C)(C)OC[C@@]1(C)CN([B]C=O)c2c(C#N)cc(-c3ccnc(Nc4cccnc4O[C@@H]4CCCOC4)n3)cc21. The van der Waals surface area contributed by atoms with Gasteiger partial charge in [-0.25, -0.2) is 15.0 Å². The molecule has 1 N–H and O–H groups in total. The number of rotatable bonds is 10. The fourth-order valence-corrected chi connectivity index (χ4v) is 6.41. The van der Waals surface area contributed by atoms with Gasteiger partial charge in [0, 0.05) is 48.8 Å². The van der Waals surface area contributed by atoms with Crippen LogP contribution in [-0.2, 0) is 19.4 Å². The smallest absolute Gasteiger partial charge is 0.329 e. The molecule has 2 aromatic heterocycles. The normalized spacial score (nSPS) is 20.0. The number of anilines is 3. The first-order valence-corrected chi connectivity index (χ1v) is 17.9. The van der Waals surface area contributed by atoms with Crippen molar-refractivity contribution >= 4 is 39.2 Å².